The number of carbonyl (C=O) groups excluding carboxylic acids is 1. The van der Waals surface area contributed by atoms with Gasteiger partial charge in [-0.3, -0.25) is 10.1 Å². The van der Waals surface area contributed by atoms with Crippen molar-refractivity contribution in [3.05, 3.63) is 29.7 Å². The van der Waals surface area contributed by atoms with Crippen molar-refractivity contribution in [3.8, 4) is 0 Å². The maximum Gasteiger partial charge on any atom is 0.250 e. The van der Waals surface area contributed by atoms with Gasteiger partial charge in [-0.2, -0.15) is 0 Å². The number of amides is 1. The van der Waals surface area contributed by atoms with Crippen LogP contribution >= 0.6 is 12.2 Å². The standard InChI is InChI=1S/C15H20N2O2S/c1-11-7-9-17(10-8-11)15(20)16-14(18)6-5-13-4-3-12(2)19-13/h3-6,11H,7-10H2,1-2H3,(H,16,18,20). The van der Waals surface area contributed by atoms with E-state index in [2.05, 4.69) is 17.1 Å². The molecule has 2 rings (SSSR count). The van der Waals surface area contributed by atoms with E-state index in [0.29, 0.717) is 10.9 Å². The van der Waals surface area contributed by atoms with E-state index in [1.165, 1.54) is 6.08 Å². The minimum atomic E-state index is -0.220. The van der Waals surface area contributed by atoms with Crippen molar-refractivity contribution in [1.82, 2.24) is 10.2 Å². The molecule has 0 spiro atoms. The Morgan fingerprint density at radius 1 is 1.45 bits per heavy atom. The minimum absolute atomic E-state index is 0.220. The van der Waals surface area contributed by atoms with Crippen molar-refractivity contribution < 1.29 is 9.21 Å². The molecule has 1 aromatic heterocycles. The molecular formula is C15H20N2O2S. The second-order valence-electron chi connectivity index (χ2n) is 5.25. The number of nitrogens with one attached hydrogen (secondary N) is 1. The second kappa shape index (κ2) is 6.70. The fraction of sp³-hybridized carbons (Fsp3) is 0.467. The molecule has 1 saturated heterocycles. The fourth-order valence-corrected chi connectivity index (χ4v) is 2.42. The van der Waals surface area contributed by atoms with E-state index in [4.69, 9.17) is 16.6 Å². The molecule has 1 aliphatic rings. The number of hydrogen-bond acceptors (Lipinski definition) is 3. The average Bonchev–Trinajstić information content (AvgIpc) is 2.83. The van der Waals surface area contributed by atoms with Crippen LogP contribution in [0.4, 0.5) is 0 Å². The predicted molar refractivity (Wildman–Crippen MR) is 83.2 cm³/mol. The number of aryl methyl sites for hydroxylation is 1. The highest BCUT2D eigenvalue weighted by Crippen LogP contribution is 2.15. The molecule has 0 atom stereocenters. The summed E-state index contributed by atoms with van der Waals surface area (Å²) >= 11 is 5.26. The van der Waals surface area contributed by atoms with Gasteiger partial charge in [0.15, 0.2) is 5.11 Å². The van der Waals surface area contributed by atoms with Gasteiger partial charge in [0.05, 0.1) is 0 Å². The van der Waals surface area contributed by atoms with Crippen molar-refractivity contribution in [2.45, 2.75) is 26.7 Å². The molecule has 0 aromatic carbocycles. The molecular weight excluding hydrogens is 272 g/mol. The van der Waals surface area contributed by atoms with Gasteiger partial charge in [-0.25, -0.2) is 0 Å². The zero-order valence-corrected chi connectivity index (χ0v) is 12.7. The van der Waals surface area contributed by atoms with Crippen LogP contribution in [0, 0.1) is 12.8 Å². The lowest BCUT2D eigenvalue weighted by atomic mass is 10.00. The van der Waals surface area contributed by atoms with Crippen LogP contribution in [0.2, 0.25) is 0 Å². The Labute approximate surface area is 124 Å². The summed E-state index contributed by atoms with van der Waals surface area (Å²) in [6.07, 6.45) is 5.33. The van der Waals surface area contributed by atoms with Crippen LogP contribution in [-0.4, -0.2) is 29.0 Å². The van der Waals surface area contributed by atoms with E-state index < -0.39 is 0 Å². The lowest BCUT2D eigenvalue weighted by molar-refractivity contribution is -0.115. The summed E-state index contributed by atoms with van der Waals surface area (Å²) in [5.74, 6) is 2.01. The SMILES string of the molecule is Cc1ccc(C=CC(=O)NC(=S)N2CCC(C)CC2)o1. The van der Waals surface area contributed by atoms with E-state index in [0.717, 1.165) is 37.6 Å². The van der Waals surface area contributed by atoms with Gasteiger partial charge in [0.2, 0.25) is 5.91 Å². The fourth-order valence-electron chi connectivity index (χ4n) is 2.14. The van der Waals surface area contributed by atoms with Crippen molar-refractivity contribution >= 4 is 29.3 Å². The molecule has 2 heterocycles. The third-order valence-corrected chi connectivity index (χ3v) is 3.82. The molecule has 1 aromatic rings. The Morgan fingerprint density at radius 2 is 2.15 bits per heavy atom. The van der Waals surface area contributed by atoms with Crippen LogP contribution in [0.3, 0.4) is 0 Å². The van der Waals surface area contributed by atoms with E-state index in [-0.39, 0.29) is 5.91 Å². The van der Waals surface area contributed by atoms with Gasteiger partial charge in [0, 0.05) is 19.2 Å². The maximum absolute atomic E-state index is 11.8. The van der Waals surface area contributed by atoms with Crippen molar-refractivity contribution in [1.29, 1.82) is 0 Å². The Bertz CT molecular complexity index is 514. The van der Waals surface area contributed by atoms with E-state index in [1.54, 1.807) is 6.08 Å². The van der Waals surface area contributed by atoms with Crippen LogP contribution in [0.15, 0.2) is 22.6 Å². The zero-order chi connectivity index (χ0) is 14.5. The molecule has 0 saturated carbocycles. The van der Waals surface area contributed by atoms with Gasteiger partial charge < -0.3 is 9.32 Å². The van der Waals surface area contributed by atoms with Gasteiger partial charge in [-0.1, -0.05) is 6.92 Å². The molecule has 108 valence electrons. The lowest BCUT2D eigenvalue weighted by Gasteiger charge is -2.31. The van der Waals surface area contributed by atoms with Crippen molar-refractivity contribution in [2.24, 2.45) is 5.92 Å². The molecule has 1 aliphatic heterocycles. The first-order chi connectivity index (χ1) is 9.54. The van der Waals surface area contributed by atoms with Gasteiger partial charge >= 0.3 is 0 Å². The number of rotatable bonds is 2. The number of furan rings is 1. The summed E-state index contributed by atoms with van der Waals surface area (Å²) in [6.45, 7) is 5.94. The summed E-state index contributed by atoms with van der Waals surface area (Å²) in [5.41, 5.74) is 0. The number of nitrogens with zero attached hydrogens (tertiary/aromatic N) is 1. The molecule has 0 unspecified atom stereocenters. The molecule has 1 N–H and O–H groups in total. The third kappa shape index (κ3) is 4.20. The van der Waals surface area contributed by atoms with Gasteiger partial charge in [-0.15, -0.1) is 0 Å². The predicted octanol–water partition coefficient (Wildman–Crippen LogP) is 2.73. The number of piperidine rings is 1. The topological polar surface area (TPSA) is 45.5 Å². The number of hydrogen-bond donors (Lipinski definition) is 1. The smallest absolute Gasteiger partial charge is 0.250 e. The highest BCUT2D eigenvalue weighted by Gasteiger charge is 2.18. The first-order valence-electron chi connectivity index (χ1n) is 6.89. The Hall–Kier alpha value is -1.62. The van der Waals surface area contributed by atoms with E-state index in [1.807, 2.05) is 19.1 Å². The van der Waals surface area contributed by atoms with Crippen LogP contribution in [-0.2, 0) is 4.79 Å². The van der Waals surface area contributed by atoms with Gasteiger partial charge in [0.25, 0.3) is 0 Å². The summed E-state index contributed by atoms with van der Waals surface area (Å²) in [6, 6.07) is 3.68. The molecule has 0 radical (unpaired) electrons. The average molecular weight is 292 g/mol. The van der Waals surface area contributed by atoms with Crippen LogP contribution < -0.4 is 5.32 Å². The molecule has 0 bridgehead atoms. The Kier molecular flexibility index (Phi) is 4.95. The van der Waals surface area contributed by atoms with Crippen LogP contribution in [0.1, 0.15) is 31.3 Å². The Morgan fingerprint density at radius 3 is 2.75 bits per heavy atom. The second-order valence-corrected chi connectivity index (χ2v) is 5.63. The molecule has 4 nitrogen and oxygen atoms in total. The third-order valence-electron chi connectivity index (χ3n) is 3.46. The lowest BCUT2D eigenvalue weighted by Crippen LogP contribution is -2.45. The van der Waals surface area contributed by atoms with E-state index >= 15 is 0 Å². The maximum atomic E-state index is 11.8. The van der Waals surface area contributed by atoms with Gasteiger partial charge in [0.1, 0.15) is 11.5 Å². The molecule has 0 aliphatic carbocycles. The molecule has 1 amide bonds. The summed E-state index contributed by atoms with van der Waals surface area (Å²) in [4.78, 5) is 13.8. The molecule has 1 fully saturated rings. The quantitative estimate of drug-likeness (QED) is 0.672. The molecule has 5 heteroatoms. The summed E-state index contributed by atoms with van der Waals surface area (Å²) < 4.78 is 5.36. The van der Waals surface area contributed by atoms with Gasteiger partial charge in [-0.05, 0) is 56.1 Å². The molecule has 20 heavy (non-hydrogen) atoms. The first-order valence-corrected chi connectivity index (χ1v) is 7.30. The minimum Gasteiger partial charge on any atom is -0.462 e. The normalized spacial score (nSPS) is 16.6. The van der Waals surface area contributed by atoms with E-state index in [9.17, 15) is 4.79 Å². The first kappa shape index (κ1) is 14.8. The van der Waals surface area contributed by atoms with Crippen molar-refractivity contribution in [2.75, 3.05) is 13.1 Å². The highest BCUT2D eigenvalue weighted by atomic mass is 32.1. The summed E-state index contributed by atoms with van der Waals surface area (Å²) in [5, 5.41) is 3.25. The highest BCUT2D eigenvalue weighted by molar-refractivity contribution is 7.80. The zero-order valence-electron chi connectivity index (χ0n) is 11.9. The number of likely N-dealkylation sites (tertiary alicyclic amines) is 1. The monoisotopic (exact) mass is 292 g/mol. The largest absolute Gasteiger partial charge is 0.462 e. The van der Waals surface area contributed by atoms with Crippen LogP contribution in [0.25, 0.3) is 6.08 Å². The van der Waals surface area contributed by atoms with Crippen molar-refractivity contribution in [3.63, 3.8) is 0 Å². The number of carbonyl (C=O) groups is 1. The Balaban J connectivity index is 1.82. The van der Waals surface area contributed by atoms with Crippen LogP contribution in [0.5, 0.6) is 0 Å². The number of thiocarbonyl (C=S) groups is 1. The summed E-state index contributed by atoms with van der Waals surface area (Å²) in [7, 11) is 0.